The molecule has 8 aromatic rings. The number of carbonyl (C=O) groups is 4. The molecule has 1 amide bonds. The van der Waals surface area contributed by atoms with Crippen LogP contribution in [0.4, 0.5) is 8.78 Å². The molecule has 0 aliphatic heterocycles. The van der Waals surface area contributed by atoms with E-state index < -0.39 is 34.7 Å². The Morgan fingerprint density at radius 2 is 1.06 bits per heavy atom. The highest BCUT2D eigenvalue weighted by Crippen LogP contribution is 2.34. The maximum absolute atomic E-state index is 14.2. The minimum absolute atomic E-state index is 0.154. The molecule has 0 aliphatic carbocycles. The number of carboxylic acid groups (broad SMARTS) is 2. The number of amides is 1. The monoisotopic (exact) mass is 936 g/mol. The topological polar surface area (TPSA) is 234 Å². The molecular formula is C51H46F2N8O8. The average molecular weight is 937 g/mol. The zero-order valence-electron chi connectivity index (χ0n) is 37.1. The van der Waals surface area contributed by atoms with Crippen LogP contribution in [0.1, 0.15) is 67.1 Å². The molecule has 0 spiro atoms. The van der Waals surface area contributed by atoms with Gasteiger partial charge in [0.15, 0.2) is 17.1 Å². The lowest BCUT2D eigenvalue weighted by Crippen LogP contribution is -2.28. The molecule has 0 saturated carbocycles. The van der Waals surface area contributed by atoms with Gasteiger partial charge in [0, 0.05) is 53.9 Å². The lowest BCUT2D eigenvalue weighted by Gasteiger charge is -2.11. The van der Waals surface area contributed by atoms with Gasteiger partial charge in [-0.15, -0.1) is 0 Å². The van der Waals surface area contributed by atoms with E-state index in [1.54, 1.807) is 12.1 Å². The minimum Gasteiger partial charge on any atom is -0.478 e. The molecule has 0 fully saturated rings. The van der Waals surface area contributed by atoms with Crippen LogP contribution in [0.15, 0.2) is 109 Å². The van der Waals surface area contributed by atoms with Crippen LogP contribution in [-0.2, 0) is 9.47 Å². The van der Waals surface area contributed by atoms with Crippen LogP contribution in [0, 0.1) is 11.6 Å². The number of fused-ring (bicyclic) bond motifs is 2. The Bertz CT molecular complexity index is 2940. The van der Waals surface area contributed by atoms with Crippen molar-refractivity contribution in [2.24, 2.45) is 0 Å². The molecule has 69 heavy (non-hydrogen) atoms. The molecule has 4 heterocycles. The fourth-order valence-electron chi connectivity index (χ4n) is 7.79. The summed E-state index contributed by atoms with van der Waals surface area (Å²) in [5, 5.41) is 41.0. The Labute approximate surface area is 393 Å². The number of H-pyrrole nitrogens is 2. The first-order valence-corrected chi connectivity index (χ1v) is 22.2. The number of halogens is 2. The van der Waals surface area contributed by atoms with E-state index in [-0.39, 0.29) is 29.4 Å². The van der Waals surface area contributed by atoms with Gasteiger partial charge in [0.1, 0.15) is 23.0 Å². The molecule has 0 unspecified atom stereocenters. The smallest absolute Gasteiger partial charge is 0.338 e. The highest BCUT2D eigenvalue weighted by atomic mass is 19.1. The van der Waals surface area contributed by atoms with E-state index in [4.69, 9.17) is 9.47 Å². The van der Waals surface area contributed by atoms with Crippen LogP contribution in [0.25, 0.3) is 67.1 Å². The maximum atomic E-state index is 14.2. The van der Waals surface area contributed by atoms with Crippen molar-refractivity contribution in [1.29, 1.82) is 0 Å². The number of ether oxygens (including phenoxy) is 2. The summed E-state index contributed by atoms with van der Waals surface area (Å²) >= 11 is 0. The zero-order valence-corrected chi connectivity index (χ0v) is 37.1. The number of aromatic amines is 2. The number of rotatable bonds is 23. The predicted octanol–water partition coefficient (Wildman–Crippen LogP) is 8.37. The number of ketones is 1. The van der Waals surface area contributed by atoms with Crippen LogP contribution in [0.3, 0.4) is 0 Å². The van der Waals surface area contributed by atoms with E-state index >= 15 is 0 Å². The number of Topliss-reactive ketones (excluding diaryl/α,β-unsaturated/α-hetero) is 1. The van der Waals surface area contributed by atoms with Crippen LogP contribution in [0.5, 0.6) is 0 Å². The Morgan fingerprint density at radius 1 is 0.536 bits per heavy atom. The number of hydrogen-bond acceptors (Lipinski definition) is 11. The fourth-order valence-corrected chi connectivity index (χ4v) is 7.79. The standard InChI is InChI=1S/C51H46F2N8O8/c52-38-17-15-32(26-34(38)50(64)65)40-28-36(43-45(58-60-47(43)56-40)30-10-3-1-4-11-30)42(62)14-7-8-22-68-24-25-69-23-21-54-19-9-20-55-49(63)37-29-41(33-16-18-39(53)35(27-33)51(66)67)57-48-44(37)46(59-61-48)31-12-5-2-6-13-31/h1-6,10-13,15-18,26-29,54H,7-9,14,19-25H2,(H,55,63)(H,64,65)(H,66,67)(H,56,58,60)(H,57,59,61). The highest BCUT2D eigenvalue weighted by molar-refractivity contribution is 6.12. The maximum Gasteiger partial charge on any atom is 0.338 e. The summed E-state index contributed by atoms with van der Waals surface area (Å²) in [4.78, 5) is 60.0. The second kappa shape index (κ2) is 22.2. The number of aromatic carboxylic acids is 2. The largest absolute Gasteiger partial charge is 0.478 e. The molecule has 0 atom stereocenters. The molecule has 0 radical (unpaired) electrons. The number of carbonyl (C=O) groups excluding carboxylic acids is 2. The first kappa shape index (κ1) is 47.4. The molecule has 8 rings (SSSR count). The first-order chi connectivity index (χ1) is 33.6. The number of carboxylic acids is 2. The molecule has 4 aromatic heterocycles. The molecule has 4 aromatic carbocycles. The van der Waals surface area contributed by atoms with Crippen molar-refractivity contribution in [2.75, 3.05) is 46.1 Å². The Kier molecular flexibility index (Phi) is 15.2. The quantitative estimate of drug-likeness (QED) is 0.0262. The van der Waals surface area contributed by atoms with Crippen LogP contribution in [-0.4, -0.2) is 110 Å². The van der Waals surface area contributed by atoms with Crippen molar-refractivity contribution in [3.05, 3.63) is 143 Å². The second-order valence-electron chi connectivity index (χ2n) is 15.9. The Morgan fingerprint density at radius 3 is 1.61 bits per heavy atom. The number of nitrogens with one attached hydrogen (secondary N) is 4. The van der Waals surface area contributed by atoms with Gasteiger partial charge in [0.25, 0.3) is 5.91 Å². The lowest BCUT2D eigenvalue weighted by molar-refractivity contribution is 0.0473. The third kappa shape index (κ3) is 11.2. The number of nitrogens with zero attached hydrogens (tertiary/aromatic N) is 4. The molecule has 0 aliphatic rings. The van der Waals surface area contributed by atoms with Crippen molar-refractivity contribution in [2.45, 2.75) is 25.7 Å². The van der Waals surface area contributed by atoms with Gasteiger partial charge in [-0.1, -0.05) is 60.7 Å². The van der Waals surface area contributed by atoms with Gasteiger partial charge in [-0.05, 0) is 74.3 Å². The van der Waals surface area contributed by atoms with Gasteiger partial charge in [-0.3, -0.25) is 19.8 Å². The van der Waals surface area contributed by atoms with E-state index in [9.17, 15) is 38.2 Å². The Balaban J connectivity index is 0.764. The van der Waals surface area contributed by atoms with Gasteiger partial charge >= 0.3 is 11.9 Å². The van der Waals surface area contributed by atoms with Crippen molar-refractivity contribution in [3.63, 3.8) is 0 Å². The molecule has 6 N–H and O–H groups in total. The van der Waals surface area contributed by atoms with Gasteiger partial charge in [0.05, 0.1) is 58.7 Å². The molecule has 0 saturated heterocycles. The minimum atomic E-state index is -1.42. The lowest BCUT2D eigenvalue weighted by atomic mass is 9.97. The summed E-state index contributed by atoms with van der Waals surface area (Å²) in [5.41, 5.74) is 4.16. The predicted molar refractivity (Wildman–Crippen MR) is 253 cm³/mol. The molecule has 0 bridgehead atoms. The number of unbranched alkanes of at least 4 members (excludes halogenated alkanes) is 1. The normalized spacial score (nSPS) is 11.3. The van der Waals surface area contributed by atoms with Crippen molar-refractivity contribution in [3.8, 4) is 45.0 Å². The van der Waals surface area contributed by atoms with Gasteiger partial charge in [0.2, 0.25) is 0 Å². The van der Waals surface area contributed by atoms with Crippen LogP contribution >= 0.6 is 0 Å². The molecule has 16 nitrogen and oxygen atoms in total. The van der Waals surface area contributed by atoms with E-state index in [0.29, 0.717) is 121 Å². The second-order valence-corrected chi connectivity index (χ2v) is 15.9. The van der Waals surface area contributed by atoms with E-state index in [1.807, 2.05) is 60.7 Å². The van der Waals surface area contributed by atoms with Gasteiger partial charge in [-0.25, -0.2) is 28.3 Å². The van der Waals surface area contributed by atoms with Crippen molar-refractivity contribution in [1.82, 2.24) is 41.0 Å². The van der Waals surface area contributed by atoms with E-state index in [2.05, 4.69) is 41.0 Å². The van der Waals surface area contributed by atoms with Crippen LogP contribution < -0.4 is 10.6 Å². The molecular weight excluding hydrogens is 891 g/mol. The summed E-state index contributed by atoms with van der Waals surface area (Å²) in [5.74, 6) is -5.13. The molecule has 352 valence electrons. The number of pyridine rings is 2. The third-order valence-electron chi connectivity index (χ3n) is 11.2. The fraction of sp³-hybridized carbons (Fsp3) is 0.216. The summed E-state index contributed by atoms with van der Waals surface area (Å²) in [6.07, 6.45) is 1.98. The average Bonchev–Trinajstić information content (AvgIpc) is 4.00. The third-order valence-corrected chi connectivity index (χ3v) is 11.2. The van der Waals surface area contributed by atoms with Crippen LogP contribution in [0.2, 0.25) is 0 Å². The Hall–Kier alpha value is -8.06. The summed E-state index contributed by atoms with van der Waals surface area (Å²) < 4.78 is 39.9. The summed E-state index contributed by atoms with van der Waals surface area (Å²) in [7, 11) is 0. The number of aromatic nitrogens is 6. The van der Waals surface area contributed by atoms with Crippen molar-refractivity contribution < 1.29 is 47.6 Å². The van der Waals surface area contributed by atoms with Gasteiger partial charge in [-0.2, -0.15) is 10.2 Å². The molecule has 18 heteroatoms. The highest BCUT2D eigenvalue weighted by Gasteiger charge is 2.23. The van der Waals surface area contributed by atoms with Gasteiger partial charge < -0.3 is 30.3 Å². The zero-order chi connectivity index (χ0) is 48.3. The van der Waals surface area contributed by atoms with E-state index in [0.717, 1.165) is 23.3 Å². The number of benzene rings is 4. The number of hydrogen-bond donors (Lipinski definition) is 6. The first-order valence-electron chi connectivity index (χ1n) is 22.2. The summed E-state index contributed by atoms with van der Waals surface area (Å²) in [6, 6.07) is 29.2. The van der Waals surface area contributed by atoms with Crippen molar-refractivity contribution >= 4 is 45.7 Å². The SMILES string of the molecule is O=C(O)c1cc(-c2cc(C(=O)CCCCOCCOCCNCCCNC(=O)c3cc(-c4ccc(F)c(C(=O)O)c4)nc4[nH]nc(-c5ccccc5)c34)c3c(-c4ccccc4)n[nH]c3n2)ccc1F. The van der Waals surface area contributed by atoms with E-state index in [1.165, 1.54) is 24.3 Å². The summed E-state index contributed by atoms with van der Waals surface area (Å²) in [6.45, 7) is 3.13.